The molecule has 32 heavy (non-hydrogen) atoms. The summed E-state index contributed by atoms with van der Waals surface area (Å²) in [6.07, 6.45) is 5.61. The molecule has 0 radical (unpaired) electrons. The van der Waals surface area contributed by atoms with Gasteiger partial charge in [-0.3, -0.25) is 13.8 Å². The molecule has 1 heterocycles. The van der Waals surface area contributed by atoms with Gasteiger partial charge in [-0.05, 0) is 43.4 Å². The zero-order chi connectivity index (χ0) is 22.7. The zero-order valence-corrected chi connectivity index (χ0v) is 19.2. The number of hydrogen-bond donors (Lipinski definition) is 1. The van der Waals surface area contributed by atoms with Crippen molar-refractivity contribution in [1.29, 1.82) is 0 Å². The number of rotatable bonds is 7. The molecule has 1 unspecified atom stereocenters. The molecule has 168 valence electrons. The molecule has 0 saturated carbocycles. The molecule has 3 aromatic rings. The number of anilines is 1. The van der Waals surface area contributed by atoms with Gasteiger partial charge >= 0.3 is 0 Å². The Hall–Kier alpha value is -3.13. The number of hydrogen-bond acceptors (Lipinski definition) is 4. The van der Waals surface area contributed by atoms with Gasteiger partial charge in [0.05, 0.1) is 30.7 Å². The van der Waals surface area contributed by atoms with Crippen molar-refractivity contribution in [3.8, 4) is 0 Å². The minimum atomic E-state index is -3.61. The number of aryl methyl sites for hydroxylation is 1. The quantitative estimate of drug-likeness (QED) is 0.597. The molecule has 0 fully saturated rings. The number of carbonyl (C=O) groups is 1. The van der Waals surface area contributed by atoms with E-state index in [2.05, 4.69) is 22.5 Å². The van der Waals surface area contributed by atoms with Crippen LogP contribution in [0, 0.1) is 6.92 Å². The van der Waals surface area contributed by atoms with Crippen LogP contribution in [0.4, 0.5) is 5.69 Å². The van der Waals surface area contributed by atoms with Crippen LogP contribution in [0.15, 0.2) is 60.8 Å². The molecular formula is C24H28N4O3S. The van der Waals surface area contributed by atoms with Crippen LogP contribution in [0.3, 0.4) is 0 Å². The first-order chi connectivity index (χ1) is 15.3. The lowest BCUT2D eigenvalue weighted by Crippen LogP contribution is -2.42. The lowest BCUT2D eigenvalue weighted by molar-refractivity contribution is -0.120. The van der Waals surface area contributed by atoms with Crippen LogP contribution in [0.25, 0.3) is 0 Å². The summed E-state index contributed by atoms with van der Waals surface area (Å²) in [5, 5.41) is 7.61. The summed E-state index contributed by atoms with van der Waals surface area (Å²) in [4.78, 5) is 12.9. The van der Waals surface area contributed by atoms with Crippen molar-refractivity contribution in [1.82, 2.24) is 15.1 Å². The molecule has 1 aliphatic rings. The predicted molar refractivity (Wildman–Crippen MR) is 125 cm³/mol. The number of carbonyl (C=O) groups excluding carboxylic acids is 1. The van der Waals surface area contributed by atoms with Crippen LogP contribution in [-0.4, -0.2) is 36.9 Å². The lowest BCUT2D eigenvalue weighted by Gasteiger charge is -2.27. The molecule has 0 spiro atoms. The standard InChI is InChI=1S/C24H28N4O3S/c1-18-9-6-7-13-22(18)28(32(2,30)31)17-24(29)26-21-12-8-14-23-20(21)15-25-27(23)16-19-10-4-3-5-11-19/h3-7,9-11,13,15,21H,8,12,14,16-17H2,1-2H3,(H,26,29). The zero-order valence-electron chi connectivity index (χ0n) is 18.4. The SMILES string of the molecule is Cc1ccccc1N(CC(=O)NC1CCCc2c1cnn2Cc1ccccc1)S(C)(=O)=O. The molecule has 1 atom stereocenters. The highest BCUT2D eigenvalue weighted by Crippen LogP contribution is 2.30. The van der Waals surface area contributed by atoms with E-state index in [4.69, 9.17) is 0 Å². The van der Waals surface area contributed by atoms with Gasteiger partial charge in [-0.25, -0.2) is 8.42 Å². The van der Waals surface area contributed by atoms with E-state index < -0.39 is 10.0 Å². The molecule has 8 heteroatoms. The van der Waals surface area contributed by atoms with E-state index in [0.29, 0.717) is 12.2 Å². The summed E-state index contributed by atoms with van der Waals surface area (Å²) in [6, 6.07) is 17.1. The summed E-state index contributed by atoms with van der Waals surface area (Å²) in [5.74, 6) is -0.327. The molecule has 1 amide bonds. The van der Waals surface area contributed by atoms with Crippen molar-refractivity contribution >= 4 is 21.6 Å². The van der Waals surface area contributed by atoms with E-state index in [1.165, 1.54) is 9.87 Å². The summed E-state index contributed by atoms with van der Waals surface area (Å²) < 4.78 is 28.0. The average molecular weight is 453 g/mol. The normalized spacial score (nSPS) is 15.8. The molecular weight excluding hydrogens is 424 g/mol. The number of nitrogens with zero attached hydrogens (tertiary/aromatic N) is 3. The number of nitrogens with one attached hydrogen (secondary N) is 1. The fourth-order valence-electron chi connectivity index (χ4n) is 4.26. The van der Waals surface area contributed by atoms with Gasteiger partial charge in [-0.15, -0.1) is 0 Å². The van der Waals surface area contributed by atoms with Gasteiger partial charge in [0.2, 0.25) is 15.9 Å². The predicted octanol–water partition coefficient (Wildman–Crippen LogP) is 3.20. The minimum Gasteiger partial charge on any atom is -0.348 e. The second-order valence-corrected chi connectivity index (χ2v) is 10.2. The van der Waals surface area contributed by atoms with E-state index in [-0.39, 0.29) is 18.5 Å². The maximum Gasteiger partial charge on any atom is 0.241 e. The van der Waals surface area contributed by atoms with E-state index >= 15 is 0 Å². The maximum absolute atomic E-state index is 12.9. The first kappa shape index (κ1) is 22.1. The van der Waals surface area contributed by atoms with Gasteiger partial charge in [0, 0.05) is 11.3 Å². The topological polar surface area (TPSA) is 84.3 Å². The number of sulfonamides is 1. The van der Waals surface area contributed by atoms with Gasteiger partial charge in [0.1, 0.15) is 6.54 Å². The van der Waals surface area contributed by atoms with Gasteiger partial charge in [0.25, 0.3) is 0 Å². The first-order valence-electron chi connectivity index (χ1n) is 10.7. The van der Waals surface area contributed by atoms with E-state index in [0.717, 1.165) is 42.3 Å². The Morgan fingerprint density at radius 3 is 2.59 bits per heavy atom. The molecule has 7 nitrogen and oxygen atoms in total. The number of fused-ring (bicyclic) bond motifs is 1. The van der Waals surface area contributed by atoms with Gasteiger partial charge < -0.3 is 5.32 Å². The van der Waals surface area contributed by atoms with E-state index in [1.54, 1.807) is 12.1 Å². The first-order valence-corrected chi connectivity index (χ1v) is 12.6. The maximum atomic E-state index is 12.9. The van der Waals surface area contributed by atoms with Crippen LogP contribution < -0.4 is 9.62 Å². The average Bonchev–Trinajstić information content (AvgIpc) is 3.16. The second kappa shape index (κ2) is 9.16. The molecule has 0 bridgehead atoms. The molecule has 1 N–H and O–H groups in total. The van der Waals surface area contributed by atoms with E-state index in [1.807, 2.05) is 48.1 Å². The molecule has 0 saturated heterocycles. The Labute approximate surface area is 189 Å². The number of para-hydroxylation sites is 1. The molecule has 0 aliphatic heterocycles. The van der Waals surface area contributed by atoms with Crippen molar-refractivity contribution in [3.63, 3.8) is 0 Å². The second-order valence-electron chi connectivity index (χ2n) is 8.26. The summed E-state index contributed by atoms with van der Waals surface area (Å²) in [5.41, 5.74) is 4.64. The van der Waals surface area contributed by atoms with Crippen molar-refractivity contribution in [2.24, 2.45) is 0 Å². The Morgan fingerprint density at radius 2 is 1.88 bits per heavy atom. The monoisotopic (exact) mass is 452 g/mol. The third kappa shape index (κ3) is 4.85. The molecule has 2 aromatic carbocycles. The summed E-state index contributed by atoms with van der Waals surface area (Å²) in [6.45, 7) is 2.26. The third-order valence-corrected chi connectivity index (χ3v) is 6.97. The third-order valence-electron chi connectivity index (χ3n) is 5.84. The number of aromatic nitrogens is 2. The Kier molecular flexibility index (Phi) is 6.32. The van der Waals surface area contributed by atoms with Crippen molar-refractivity contribution < 1.29 is 13.2 Å². The fraction of sp³-hybridized carbons (Fsp3) is 0.333. The van der Waals surface area contributed by atoms with Crippen molar-refractivity contribution in [2.75, 3.05) is 17.1 Å². The van der Waals surface area contributed by atoms with Crippen LogP contribution in [0.2, 0.25) is 0 Å². The highest BCUT2D eigenvalue weighted by Gasteiger charge is 2.28. The molecule has 4 rings (SSSR count). The van der Waals surface area contributed by atoms with Crippen LogP contribution in [0.5, 0.6) is 0 Å². The van der Waals surface area contributed by atoms with Crippen LogP contribution >= 0.6 is 0 Å². The van der Waals surface area contributed by atoms with Crippen molar-refractivity contribution in [3.05, 3.63) is 83.2 Å². The highest BCUT2D eigenvalue weighted by atomic mass is 32.2. The van der Waals surface area contributed by atoms with E-state index in [9.17, 15) is 13.2 Å². The largest absolute Gasteiger partial charge is 0.348 e. The van der Waals surface area contributed by atoms with Crippen molar-refractivity contribution in [2.45, 2.75) is 38.8 Å². The highest BCUT2D eigenvalue weighted by molar-refractivity contribution is 7.92. The smallest absolute Gasteiger partial charge is 0.241 e. The van der Waals surface area contributed by atoms with Gasteiger partial charge in [0.15, 0.2) is 0 Å². The van der Waals surface area contributed by atoms with Crippen LogP contribution in [-0.2, 0) is 27.8 Å². The van der Waals surface area contributed by atoms with Gasteiger partial charge in [-0.1, -0.05) is 48.5 Å². The van der Waals surface area contributed by atoms with Crippen LogP contribution in [0.1, 0.15) is 41.3 Å². The molecule has 1 aromatic heterocycles. The van der Waals surface area contributed by atoms with Gasteiger partial charge in [-0.2, -0.15) is 5.10 Å². The lowest BCUT2D eigenvalue weighted by atomic mass is 9.93. The molecule has 1 aliphatic carbocycles. The Balaban J connectivity index is 1.50. The fourth-order valence-corrected chi connectivity index (χ4v) is 5.17. The summed E-state index contributed by atoms with van der Waals surface area (Å²) in [7, 11) is -3.61. The number of amides is 1. The minimum absolute atomic E-state index is 0.172. The Bertz CT molecular complexity index is 1200. The number of benzene rings is 2. The Morgan fingerprint density at radius 1 is 1.16 bits per heavy atom. The summed E-state index contributed by atoms with van der Waals surface area (Å²) >= 11 is 0.